The largest absolute Gasteiger partial charge is 0.507 e. The van der Waals surface area contributed by atoms with Crippen LogP contribution < -0.4 is 9.64 Å². The minimum Gasteiger partial charge on any atom is -0.507 e. The molecule has 3 aromatic carbocycles. The highest BCUT2D eigenvalue weighted by molar-refractivity contribution is 6.51. The molecule has 1 N–H and O–H groups in total. The minimum absolute atomic E-state index is 0.0650. The summed E-state index contributed by atoms with van der Waals surface area (Å²) < 4.78 is 5.15. The summed E-state index contributed by atoms with van der Waals surface area (Å²) in [5, 5.41) is 11.0. The van der Waals surface area contributed by atoms with Gasteiger partial charge in [-0.25, -0.2) is 0 Å². The summed E-state index contributed by atoms with van der Waals surface area (Å²) in [7, 11) is 1.55. The van der Waals surface area contributed by atoms with E-state index in [-0.39, 0.29) is 11.3 Å². The Hall–Kier alpha value is -3.86. The molecule has 0 bridgehead atoms. The standard InChI is InChI=1S/C24H19NO4/c1-29-19-14-12-17(13-15-19)22(26)20-21(16-8-4-2-5-9-16)25(24(28)23(20)27)18-10-6-3-7-11-18/h2-15,21,26H,1H3/t21-/m1/s1. The van der Waals surface area contributed by atoms with E-state index < -0.39 is 17.7 Å². The number of carbonyl (C=O) groups excluding carboxylic acids is 2. The second-order valence-electron chi connectivity index (χ2n) is 6.64. The van der Waals surface area contributed by atoms with E-state index in [0.29, 0.717) is 17.0 Å². The predicted molar refractivity (Wildman–Crippen MR) is 111 cm³/mol. The van der Waals surface area contributed by atoms with Crippen LogP contribution in [-0.4, -0.2) is 23.9 Å². The molecule has 29 heavy (non-hydrogen) atoms. The summed E-state index contributed by atoms with van der Waals surface area (Å²) in [6, 6.07) is 24.2. The highest BCUT2D eigenvalue weighted by Gasteiger charge is 2.46. The topological polar surface area (TPSA) is 66.8 Å². The van der Waals surface area contributed by atoms with Gasteiger partial charge in [0, 0.05) is 11.3 Å². The lowest BCUT2D eigenvalue weighted by Gasteiger charge is -2.25. The van der Waals surface area contributed by atoms with Gasteiger partial charge in [-0.15, -0.1) is 0 Å². The van der Waals surface area contributed by atoms with Crippen molar-refractivity contribution in [3.63, 3.8) is 0 Å². The Kier molecular flexibility index (Phi) is 4.87. The van der Waals surface area contributed by atoms with Crippen LogP contribution in [0.3, 0.4) is 0 Å². The SMILES string of the molecule is COc1ccc(C(O)=C2C(=O)C(=O)N(c3ccccc3)[C@@H]2c2ccccc2)cc1. The quantitative estimate of drug-likeness (QED) is 0.413. The lowest BCUT2D eigenvalue weighted by Crippen LogP contribution is -2.29. The van der Waals surface area contributed by atoms with Crippen LogP contribution in [0.2, 0.25) is 0 Å². The van der Waals surface area contributed by atoms with E-state index in [9.17, 15) is 14.7 Å². The number of ketones is 1. The predicted octanol–water partition coefficient (Wildman–Crippen LogP) is 4.32. The van der Waals surface area contributed by atoms with Crippen molar-refractivity contribution in [1.29, 1.82) is 0 Å². The monoisotopic (exact) mass is 385 g/mol. The molecule has 0 saturated carbocycles. The number of nitrogens with zero attached hydrogens (tertiary/aromatic N) is 1. The Labute approximate surface area is 168 Å². The van der Waals surface area contributed by atoms with E-state index in [1.54, 1.807) is 55.6 Å². The van der Waals surface area contributed by atoms with E-state index >= 15 is 0 Å². The maximum atomic E-state index is 13.0. The van der Waals surface area contributed by atoms with Gasteiger partial charge < -0.3 is 9.84 Å². The van der Waals surface area contributed by atoms with Crippen molar-refractivity contribution in [1.82, 2.24) is 0 Å². The molecule has 1 aliphatic rings. The lowest BCUT2D eigenvalue weighted by molar-refractivity contribution is -0.132. The molecule has 1 fully saturated rings. The van der Waals surface area contributed by atoms with Gasteiger partial charge in [-0.1, -0.05) is 48.5 Å². The molecular formula is C24H19NO4. The molecule has 0 unspecified atom stereocenters. The first kappa shape index (κ1) is 18.5. The van der Waals surface area contributed by atoms with Crippen molar-refractivity contribution in [2.75, 3.05) is 12.0 Å². The third-order valence-corrected chi connectivity index (χ3v) is 4.96. The zero-order valence-corrected chi connectivity index (χ0v) is 15.8. The second-order valence-corrected chi connectivity index (χ2v) is 6.64. The number of benzene rings is 3. The Morgan fingerprint density at radius 2 is 1.45 bits per heavy atom. The number of rotatable bonds is 4. The van der Waals surface area contributed by atoms with E-state index in [0.717, 1.165) is 5.56 Å². The van der Waals surface area contributed by atoms with Gasteiger partial charge in [-0.3, -0.25) is 14.5 Å². The minimum atomic E-state index is -0.722. The molecule has 0 aliphatic carbocycles. The van der Waals surface area contributed by atoms with E-state index in [2.05, 4.69) is 0 Å². The van der Waals surface area contributed by atoms with Crippen LogP contribution in [0.5, 0.6) is 5.75 Å². The molecule has 5 nitrogen and oxygen atoms in total. The number of anilines is 1. The van der Waals surface area contributed by atoms with Gasteiger partial charge in [0.25, 0.3) is 11.7 Å². The van der Waals surface area contributed by atoms with Gasteiger partial charge in [0.1, 0.15) is 11.5 Å². The van der Waals surface area contributed by atoms with Crippen LogP contribution in [0.1, 0.15) is 17.2 Å². The highest BCUT2D eigenvalue weighted by atomic mass is 16.5. The highest BCUT2D eigenvalue weighted by Crippen LogP contribution is 2.42. The van der Waals surface area contributed by atoms with Crippen LogP contribution >= 0.6 is 0 Å². The Balaban J connectivity index is 1.91. The Morgan fingerprint density at radius 3 is 2.03 bits per heavy atom. The van der Waals surface area contributed by atoms with E-state index in [4.69, 9.17) is 4.74 Å². The number of hydrogen-bond acceptors (Lipinski definition) is 4. The number of ether oxygens (including phenoxy) is 1. The van der Waals surface area contributed by atoms with Crippen molar-refractivity contribution in [3.05, 3.63) is 102 Å². The average Bonchev–Trinajstić information content (AvgIpc) is 3.05. The first-order valence-electron chi connectivity index (χ1n) is 9.17. The smallest absolute Gasteiger partial charge is 0.300 e. The van der Waals surface area contributed by atoms with Crippen molar-refractivity contribution < 1.29 is 19.4 Å². The number of hydrogen-bond donors (Lipinski definition) is 1. The van der Waals surface area contributed by atoms with Crippen LogP contribution in [0, 0.1) is 0 Å². The first-order valence-corrected chi connectivity index (χ1v) is 9.17. The van der Waals surface area contributed by atoms with Crippen molar-refractivity contribution in [3.8, 4) is 5.75 Å². The van der Waals surface area contributed by atoms with E-state index in [1.807, 2.05) is 36.4 Å². The molecule has 0 spiro atoms. The summed E-state index contributed by atoms with van der Waals surface area (Å²) >= 11 is 0. The molecule has 1 atom stereocenters. The first-order chi connectivity index (χ1) is 14.1. The van der Waals surface area contributed by atoms with Crippen molar-refractivity contribution in [2.45, 2.75) is 6.04 Å². The van der Waals surface area contributed by atoms with Crippen molar-refractivity contribution in [2.24, 2.45) is 0 Å². The molecule has 0 aromatic heterocycles. The molecule has 1 aliphatic heterocycles. The second kappa shape index (κ2) is 7.64. The molecule has 144 valence electrons. The molecule has 4 rings (SSSR count). The van der Waals surface area contributed by atoms with Gasteiger partial charge in [-0.05, 0) is 42.0 Å². The summed E-state index contributed by atoms with van der Waals surface area (Å²) in [5.41, 5.74) is 1.84. The maximum Gasteiger partial charge on any atom is 0.300 e. The number of carbonyl (C=O) groups is 2. The zero-order valence-electron chi connectivity index (χ0n) is 15.8. The fourth-order valence-electron chi connectivity index (χ4n) is 3.54. The number of aliphatic hydroxyl groups excluding tert-OH is 1. The normalized spacial score (nSPS) is 18.1. The zero-order chi connectivity index (χ0) is 20.4. The third-order valence-electron chi connectivity index (χ3n) is 4.96. The molecule has 0 radical (unpaired) electrons. The van der Waals surface area contributed by atoms with Gasteiger partial charge >= 0.3 is 0 Å². The van der Waals surface area contributed by atoms with Gasteiger partial charge in [0.05, 0.1) is 18.7 Å². The third kappa shape index (κ3) is 3.27. The molecule has 1 amide bonds. The molecule has 1 heterocycles. The Bertz CT molecular complexity index is 1070. The molecular weight excluding hydrogens is 366 g/mol. The van der Waals surface area contributed by atoms with Gasteiger partial charge in [-0.2, -0.15) is 0 Å². The summed E-state index contributed by atoms with van der Waals surface area (Å²) in [4.78, 5) is 27.4. The van der Waals surface area contributed by atoms with Gasteiger partial charge in [0.2, 0.25) is 0 Å². The van der Waals surface area contributed by atoms with Crippen LogP contribution in [0.4, 0.5) is 5.69 Å². The van der Waals surface area contributed by atoms with Crippen molar-refractivity contribution >= 4 is 23.1 Å². The molecule has 1 saturated heterocycles. The van der Waals surface area contributed by atoms with Gasteiger partial charge in [0.15, 0.2) is 0 Å². The Morgan fingerprint density at radius 1 is 0.862 bits per heavy atom. The summed E-state index contributed by atoms with van der Waals surface area (Å²) in [6.45, 7) is 0. The number of amides is 1. The fourth-order valence-corrected chi connectivity index (χ4v) is 3.54. The summed E-state index contributed by atoms with van der Waals surface area (Å²) in [5.74, 6) is -0.958. The number of para-hydroxylation sites is 1. The number of methoxy groups -OCH3 is 1. The molecule has 3 aromatic rings. The number of Topliss-reactive ketones (excluding diaryl/α,β-unsaturated/α-hetero) is 1. The fraction of sp³-hybridized carbons (Fsp3) is 0.0833. The number of aliphatic hydroxyl groups is 1. The van der Waals surface area contributed by atoms with Crippen LogP contribution in [0.25, 0.3) is 5.76 Å². The van der Waals surface area contributed by atoms with Crippen LogP contribution in [0.15, 0.2) is 90.5 Å². The average molecular weight is 385 g/mol. The van der Waals surface area contributed by atoms with E-state index in [1.165, 1.54) is 4.90 Å². The molecule has 5 heteroatoms. The summed E-state index contributed by atoms with van der Waals surface area (Å²) in [6.07, 6.45) is 0. The lowest BCUT2D eigenvalue weighted by atomic mass is 9.95. The van der Waals surface area contributed by atoms with Crippen LogP contribution in [-0.2, 0) is 9.59 Å². The maximum absolute atomic E-state index is 13.0.